The topological polar surface area (TPSA) is 106 Å². The lowest BCUT2D eigenvalue weighted by Crippen LogP contribution is -2.21. The van der Waals surface area contributed by atoms with Crippen LogP contribution in [0.25, 0.3) is 5.65 Å². The van der Waals surface area contributed by atoms with Gasteiger partial charge in [-0.25, -0.2) is 14.3 Å². The Morgan fingerprint density at radius 1 is 1.26 bits per heavy atom. The van der Waals surface area contributed by atoms with Crippen molar-refractivity contribution in [3.8, 4) is 0 Å². The Balaban J connectivity index is 2.09. The van der Waals surface area contributed by atoms with E-state index in [9.17, 15) is 27.6 Å². The predicted molar refractivity (Wildman–Crippen MR) is 126 cm³/mol. The molecule has 1 N–H and O–H groups in total. The summed E-state index contributed by atoms with van der Waals surface area (Å²) in [6, 6.07) is 0.817. The Morgan fingerprint density at radius 2 is 1.91 bits per heavy atom. The number of rotatable bonds is 6. The Hall–Kier alpha value is -3.00. The summed E-state index contributed by atoms with van der Waals surface area (Å²) >= 11 is 3.98. The quantitative estimate of drug-likeness (QED) is 0.427. The number of aryl methyl sites for hydroxylation is 1. The zero-order valence-corrected chi connectivity index (χ0v) is 21.7. The summed E-state index contributed by atoms with van der Waals surface area (Å²) in [4.78, 5) is 44.0. The van der Waals surface area contributed by atoms with Crippen molar-refractivity contribution in [2.45, 2.75) is 33.4 Å². The van der Waals surface area contributed by atoms with Crippen LogP contribution in [0, 0.1) is 13.8 Å². The van der Waals surface area contributed by atoms with Crippen molar-refractivity contribution in [3.63, 3.8) is 0 Å². The molecule has 3 aromatic rings. The number of halogens is 4. The van der Waals surface area contributed by atoms with Crippen molar-refractivity contribution in [2.24, 2.45) is 0 Å². The molecule has 188 valence electrons. The van der Waals surface area contributed by atoms with Gasteiger partial charge in [-0.05, 0) is 47.8 Å². The maximum atomic E-state index is 13.5. The molecule has 0 saturated carbocycles. The number of carbonyl (C=O) groups excluding carboxylic acids is 3. The van der Waals surface area contributed by atoms with Gasteiger partial charge in [-0.3, -0.25) is 9.59 Å². The molecule has 0 fully saturated rings. The number of anilines is 1. The van der Waals surface area contributed by atoms with Crippen LogP contribution in [0.2, 0.25) is 0 Å². The van der Waals surface area contributed by atoms with E-state index in [2.05, 4.69) is 31.3 Å². The minimum atomic E-state index is -4.74. The third kappa shape index (κ3) is 5.17. The van der Waals surface area contributed by atoms with Crippen LogP contribution in [0.1, 0.15) is 60.8 Å². The van der Waals surface area contributed by atoms with Crippen LogP contribution < -0.4 is 5.32 Å². The number of nitrogens with zero attached hydrogens (tertiary/aromatic N) is 4. The first-order valence-corrected chi connectivity index (χ1v) is 11.8. The molecule has 0 aliphatic heterocycles. The summed E-state index contributed by atoms with van der Waals surface area (Å²) in [6.07, 6.45) is -4.18. The molecule has 0 bridgehead atoms. The fourth-order valence-electron chi connectivity index (χ4n) is 3.14. The molecule has 3 aromatic heterocycles. The van der Waals surface area contributed by atoms with Crippen molar-refractivity contribution in [1.82, 2.24) is 19.5 Å². The highest BCUT2D eigenvalue weighted by Gasteiger charge is 2.36. The van der Waals surface area contributed by atoms with Gasteiger partial charge in [0.15, 0.2) is 11.3 Å². The van der Waals surface area contributed by atoms with E-state index in [0.717, 1.165) is 17.4 Å². The zero-order valence-electron chi connectivity index (χ0n) is 19.3. The van der Waals surface area contributed by atoms with Crippen molar-refractivity contribution in [2.75, 3.05) is 26.0 Å². The van der Waals surface area contributed by atoms with Crippen molar-refractivity contribution < 1.29 is 32.3 Å². The number of ether oxygens (including phenoxy) is 1. The van der Waals surface area contributed by atoms with Crippen LogP contribution in [0.3, 0.4) is 0 Å². The summed E-state index contributed by atoms with van der Waals surface area (Å²) in [5.74, 6) is -2.02. The first-order valence-electron chi connectivity index (χ1n) is 10.2. The van der Waals surface area contributed by atoms with E-state index in [1.165, 1.54) is 25.9 Å². The number of aromatic nitrogens is 3. The highest BCUT2D eigenvalue weighted by molar-refractivity contribution is 9.10. The summed E-state index contributed by atoms with van der Waals surface area (Å²) < 4.78 is 46.3. The number of hydrogen-bond donors (Lipinski definition) is 1. The summed E-state index contributed by atoms with van der Waals surface area (Å²) in [7, 11) is 3.08. The number of amides is 2. The average molecular weight is 576 g/mol. The lowest BCUT2D eigenvalue weighted by atomic mass is 10.1. The second-order valence-electron chi connectivity index (χ2n) is 7.73. The molecule has 0 aliphatic carbocycles. The number of alkyl halides is 3. The predicted octanol–water partition coefficient (Wildman–Crippen LogP) is 4.71. The Bertz CT molecular complexity index is 1330. The molecule has 0 aliphatic rings. The second-order valence-corrected chi connectivity index (χ2v) is 9.54. The van der Waals surface area contributed by atoms with E-state index in [1.807, 2.05) is 6.92 Å². The second kappa shape index (κ2) is 9.93. The van der Waals surface area contributed by atoms with Gasteiger partial charge in [-0.15, -0.1) is 11.3 Å². The van der Waals surface area contributed by atoms with Crippen LogP contribution >= 0.6 is 27.3 Å². The first kappa shape index (κ1) is 26.6. The number of carbonyl (C=O) groups is 3. The average Bonchev–Trinajstić information content (AvgIpc) is 3.27. The summed E-state index contributed by atoms with van der Waals surface area (Å²) in [5.41, 5.74) is -1.29. The minimum Gasteiger partial charge on any atom is -0.462 e. The molecule has 0 unspecified atom stereocenters. The van der Waals surface area contributed by atoms with Crippen molar-refractivity contribution in [3.05, 3.63) is 43.6 Å². The van der Waals surface area contributed by atoms with E-state index in [1.54, 1.807) is 6.92 Å². The van der Waals surface area contributed by atoms with E-state index in [0.29, 0.717) is 16.5 Å². The molecule has 0 saturated heterocycles. The number of thiophene rings is 1. The maximum Gasteiger partial charge on any atom is 0.433 e. The van der Waals surface area contributed by atoms with E-state index in [-0.39, 0.29) is 49.5 Å². The van der Waals surface area contributed by atoms with Crippen molar-refractivity contribution in [1.29, 1.82) is 0 Å². The Morgan fingerprint density at radius 3 is 2.49 bits per heavy atom. The molecule has 0 atom stereocenters. The van der Waals surface area contributed by atoms with Gasteiger partial charge in [0.2, 0.25) is 0 Å². The monoisotopic (exact) mass is 575 g/mol. The molecule has 35 heavy (non-hydrogen) atoms. The van der Waals surface area contributed by atoms with Crippen LogP contribution in [0.15, 0.2) is 10.5 Å². The molecule has 0 aromatic carbocycles. The van der Waals surface area contributed by atoms with Gasteiger partial charge in [0.25, 0.3) is 11.8 Å². The lowest BCUT2D eigenvalue weighted by molar-refractivity contribution is -0.142. The standard InChI is InChI=1S/C21H21BrF3N5O4S/c1-6-7-34-20(33)12-10(3)15(19(32)29(4)5)35-18(12)27-17(31)14-13(22)16-26-9(2)8-11(21(23,24)25)30(16)28-14/h8H,6-7H2,1-5H3,(H,27,31). The molecular weight excluding hydrogens is 555 g/mol. The minimum absolute atomic E-state index is 0.00756. The molecule has 0 spiro atoms. The molecule has 3 heterocycles. The Kier molecular flexibility index (Phi) is 7.55. The number of fused-ring (bicyclic) bond motifs is 1. The lowest BCUT2D eigenvalue weighted by Gasteiger charge is -2.09. The van der Waals surface area contributed by atoms with Gasteiger partial charge in [0, 0.05) is 19.8 Å². The SMILES string of the molecule is CCCOC(=O)c1c(NC(=O)c2nn3c(C(F)(F)F)cc(C)nc3c2Br)sc(C(=O)N(C)C)c1C. The third-order valence-electron chi connectivity index (χ3n) is 4.78. The molecule has 2 amide bonds. The third-order valence-corrected chi connectivity index (χ3v) is 6.71. The van der Waals surface area contributed by atoms with Crippen LogP contribution in [-0.4, -0.2) is 58.0 Å². The molecular formula is C21H21BrF3N5O4S. The zero-order chi connectivity index (χ0) is 26.2. The van der Waals surface area contributed by atoms with Gasteiger partial charge in [-0.1, -0.05) is 6.92 Å². The summed E-state index contributed by atoms with van der Waals surface area (Å²) in [6.45, 7) is 4.87. The number of nitrogens with one attached hydrogen (secondary N) is 1. The first-order chi connectivity index (χ1) is 16.3. The van der Waals surface area contributed by atoms with E-state index < -0.39 is 23.7 Å². The van der Waals surface area contributed by atoms with Gasteiger partial charge in [0.1, 0.15) is 10.7 Å². The fraction of sp³-hybridized carbons (Fsp3) is 0.381. The van der Waals surface area contributed by atoms with Crippen molar-refractivity contribution >= 4 is 55.7 Å². The number of esters is 1. The highest BCUT2D eigenvalue weighted by atomic mass is 79.9. The smallest absolute Gasteiger partial charge is 0.433 e. The highest BCUT2D eigenvalue weighted by Crippen LogP contribution is 2.36. The molecule has 0 radical (unpaired) electrons. The molecule has 3 rings (SSSR count). The van der Waals surface area contributed by atoms with E-state index >= 15 is 0 Å². The normalized spacial score (nSPS) is 11.6. The Labute approximate surface area is 210 Å². The fourth-order valence-corrected chi connectivity index (χ4v) is 4.87. The molecule has 14 heteroatoms. The van der Waals surface area contributed by atoms with Gasteiger partial charge >= 0.3 is 12.1 Å². The molecule has 9 nitrogen and oxygen atoms in total. The van der Waals surface area contributed by atoms with Crippen LogP contribution in [0.5, 0.6) is 0 Å². The largest absolute Gasteiger partial charge is 0.462 e. The van der Waals surface area contributed by atoms with Gasteiger partial charge in [0.05, 0.1) is 21.5 Å². The van der Waals surface area contributed by atoms with Crippen LogP contribution in [-0.2, 0) is 10.9 Å². The summed E-state index contributed by atoms with van der Waals surface area (Å²) in [5, 5.41) is 6.34. The van der Waals surface area contributed by atoms with E-state index in [4.69, 9.17) is 4.74 Å². The van der Waals surface area contributed by atoms with Gasteiger partial charge in [-0.2, -0.15) is 18.3 Å². The number of hydrogen-bond acceptors (Lipinski definition) is 7. The van der Waals surface area contributed by atoms with Crippen LogP contribution in [0.4, 0.5) is 18.2 Å². The maximum absolute atomic E-state index is 13.5. The van der Waals surface area contributed by atoms with Gasteiger partial charge < -0.3 is 15.0 Å².